The van der Waals surface area contributed by atoms with Crippen molar-refractivity contribution >= 4 is 35.0 Å². The smallest absolute Gasteiger partial charge is 0.234 e. The molecule has 2 aromatic carbocycles. The van der Waals surface area contributed by atoms with Crippen LogP contribution in [-0.4, -0.2) is 33.7 Å². The molecule has 1 N–H and O–H groups in total. The maximum absolute atomic E-state index is 12.3. The number of nitrogens with zero attached hydrogens (tertiary/aromatic N) is 3. The van der Waals surface area contributed by atoms with Crippen molar-refractivity contribution in [1.82, 2.24) is 9.55 Å². The van der Waals surface area contributed by atoms with E-state index >= 15 is 0 Å². The van der Waals surface area contributed by atoms with Crippen molar-refractivity contribution in [1.29, 1.82) is 0 Å². The zero-order chi connectivity index (χ0) is 20.1. The Morgan fingerprint density at radius 2 is 1.90 bits per heavy atom. The summed E-state index contributed by atoms with van der Waals surface area (Å²) in [6.45, 7) is 1.48. The van der Waals surface area contributed by atoms with Crippen LogP contribution in [0, 0.1) is 0 Å². The van der Waals surface area contributed by atoms with Gasteiger partial charge >= 0.3 is 0 Å². The van der Waals surface area contributed by atoms with Gasteiger partial charge < -0.3 is 14.8 Å². The molecule has 0 saturated carbocycles. The van der Waals surface area contributed by atoms with Crippen LogP contribution in [0.15, 0.2) is 72.1 Å². The highest BCUT2D eigenvalue weighted by atomic mass is 32.2. The second kappa shape index (κ2) is 8.96. The van der Waals surface area contributed by atoms with E-state index in [1.54, 1.807) is 11.1 Å². The van der Waals surface area contributed by atoms with Crippen LogP contribution in [0.2, 0.25) is 0 Å². The minimum Gasteiger partial charge on any atom is -0.325 e. The standard InChI is InChI=1S/C22H22N4O2S/c27-20(24-18-8-10-19(11-9-18)26-13-4-7-21(26)28)16-29-22-23-12-14-25(22)15-17-5-2-1-3-6-17/h1-3,5-6,8-12,14H,4,7,13,15-16H2,(H,24,27). The number of carbonyl (C=O) groups excluding carboxylic acids is 2. The number of amides is 2. The first-order valence-electron chi connectivity index (χ1n) is 9.57. The van der Waals surface area contributed by atoms with Gasteiger partial charge in [0.1, 0.15) is 0 Å². The second-order valence-corrected chi connectivity index (χ2v) is 7.80. The third-order valence-corrected chi connectivity index (χ3v) is 5.75. The van der Waals surface area contributed by atoms with Crippen molar-refractivity contribution in [3.8, 4) is 0 Å². The molecule has 3 aromatic rings. The zero-order valence-corrected chi connectivity index (χ0v) is 16.8. The Hall–Kier alpha value is -3.06. The summed E-state index contributed by atoms with van der Waals surface area (Å²) in [7, 11) is 0. The molecule has 0 atom stereocenters. The summed E-state index contributed by atoms with van der Waals surface area (Å²) in [5, 5.41) is 3.71. The highest BCUT2D eigenvalue weighted by Gasteiger charge is 2.21. The van der Waals surface area contributed by atoms with Crippen LogP contribution < -0.4 is 10.2 Å². The summed E-state index contributed by atoms with van der Waals surface area (Å²) in [4.78, 5) is 30.3. The lowest BCUT2D eigenvalue weighted by atomic mass is 10.2. The molecule has 0 bridgehead atoms. The molecule has 2 heterocycles. The molecule has 1 aliphatic heterocycles. The summed E-state index contributed by atoms with van der Waals surface area (Å²) >= 11 is 1.41. The largest absolute Gasteiger partial charge is 0.325 e. The van der Waals surface area contributed by atoms with Crippen molar-refractivity contribution in [2.75, 3.05) is 22.5 Å². The van der Waals surface area contributed by atoms with Crippen LogP contribution in [0.3, 0.4) is 0 Å². The highest BCUT2D eigenvalue weighted by molar-refractivity contribution is 7.99. The number of carbonyl (C=O) groups is 2. The highest BCUT2D eigenvalue weighted by Crippen LogP contribution is 2.23. The quantitative estimate of drug-likeness (QED) is 0.606. The van der Waals surface area contributed by atoms with Gasteiger partial charge in [0, 0.05) is 43.3 Å². The maximum Gasteiger partial charge on any atom is 0.234 e. The molecular weight excluding hydrogens is 384 g/mol. The lowest BCUT2D eigenvalue weighted by Gasteiger charge is -2.16. The lowest BCUT2D eigenvalue weighted by Crippen LogP contribution is -2.23. The van der Waals surface area contributed by atoms with E-state index in [2.05, 4.69) is 22.4 Å². The van der Waals surface area contributed by atoms with Gasteiger partial charge in [0.15, 0.2) is 5.16 Å². The van der Waals surface area contributed by atoms with Crippen molar-refractivity contribution < 1.29 is 9.59 Å². The van der Waals surface area contributed by atoms with Gasteiger partial charge in [-0.05, 0) is 36.2 Å². The molecular formula is C22H22N4O2S. The van der Waals surface area contributed by atoms with Crippen LogP contribution in [0.1, 0.15) is 18.4 Å². The normalized spacial score (nSPS) is 13.7. The SMILES string of the molecule is O=C(CSc1nccn1Cc1ccccc1)Nc1ccc(N2CCCC2=O)cc1. The zero-order valence-electron chi connectivity index (χ0n) is 16.0. The summed E-state index contributed by atoms with van der Waals surface area (Å²) in [6, 6.07) is 17.6. The van der Waals surface area contributed by atoms with Gasteiger partial charge in [-0.1, -0.05) is 42.1 Å². The molecule has 1 aliphatic rings. The Bertz CT molecular complexity index is 986. The average molecular weight is 407 g/mol. The summed E-state index contributed by atoms with van der Waals surface area (Å²) < 4.78 is 2.04. The minimum absolute atomic E-state index is 0.0886. The molecule has 6 nitrogen and oxygen atoms in total. The third-order valence-electron chi connectivity index (χ3n) is 4.74. The molecule has 1 aromatic heterocycles. The molecule has 0 unspecified atom stereocenters. The number of anilines is 2. The monoisotopic (exact) mass is 406 g/mol. The molecule has 0 aliphatic carbocycles. The Morgan fingerprint density at radius 3 is 2.62 bits per heavy atom. The molecule has 4 rings (SSSR count). The number of hydrogen-bond donors (Lipinski definition) is 1. The van der Waals surface area contributed by atoms with E-state index in [0.717, 1.165) is 36.0 Å². The minimum atomic E-state index is -0.0886. The predicted molar refractivity (Wildman–Crippen MR) is 115 cm³/mol. The Kier molecular flexibility index (Phi) is 5.95. The Balaban J connectivity index is 1.30. The van der Waals surface area contributed by atoms with E-state index in [9.17, 15) is 9.59 Å². The molecule has 2 amide bonds. The van der Waals surface area contributed by atoms with Gasteiger partial charge in [0.25, 0.3) is 0 Å². The fourth-order valence-corrected chi connectivity index (χ4v) is 4.07. The third kappa shape index (κ3) is 4.86. The summed E-state index contributed by atoms with van der Waals surface area (Å²) in [6.07, 6.45) is 5.18. The Labute approximate surface area is 173 Å². The van der Waals surface area contributed by atoms with Crippen molar-refractivity contribution in [3.05, 3.63) is 72.6 Å². The fraction of sp³-hybridized carbons (Fsp3) is 0.227. The second-order valence-electron chi connectivity index (χ2n) is 6.86. The number of benzene rings is 2. The number of hydrogen-bond acceptors (Lipinski definition) is 4. The van der Waals surface area contributed by atoms with Crippen LogP contribution in [0.25, 0.3) is 0 Å². The topological polar surface area (TPSA) is 67.2 Å². The van der Waals surface area contributed by atoms with E-state index in [4.69, 9.17) is 0 Å². The predicted octanol–water partition coefficient (Wildman–Crippen LogP) is 3.79. The van der Waals surface area contributed by atoms with E-state index in [-0.39, 0.29) is 17.6 Å². The number of aromatic nitrogens is 2. The van der Waals surface area contributed by atoms with Crippen molar-refractivity contribution in [3.63, 3.8) is 0 Å². The van der Waals surface area contributed by atoms with Gasteiger partial charge in [-0.2, -0.15) is 0 Å². The summed E-state index contributed by atoms with van der Waals surface area (Å²) in [5.41, 5.74) is 2.79. The number of thioether (sulfide) groups is 1. The number of rotatable bonds is 7. The molecule has 1 fully saturated rings. The first-order chi connectivity index (χ1) is 14.2. The first kappa shape index (κ1) is 19.3. The lowest BCUT2D eigenvalue weighted by molar-refractivity contribution is -0.117. The molecule has 148 valence electrons. The Morgan fingerprint density at radius 1 is 1.10 bits per heavy atom. The van der Waals surface area contributed by atoms with Gasteiger partial charge in [-0.15, -0.1) is 0 Å². The first-order valence-corrected chi connectivity index (χ1v) is 10.6. The van der Waals surface area contributed by atoms with Crippen molar-refractivity contribution in [2.24, 2.45) is 0 Å². The molecule has 29 heavy (non-hydrogen) atoms. The number of imidazole rings is 1. The maximum atomic E-state index is 12.3. The van der Waals surface area contributed by atoms with Gasteiger partial charge in [0.05, 0.1) is 5.75 Å². The van der Waals surface area contributed by atoms with E-state index in [1.807, 2.05) is 53.2 Å². The van der Waals surface area contributed by atoms with Gasteiger partial charge in [0.2, 0.25) is 11.8 Å². The molecule has 0 spiro atoms. The van der Waals surface area contributed by atoms with Crippen molar-refractivity contribution in [2.45, 2.75) is 24.5 Å². The van der Waals surface area contributed by atoms with Crippen LogP contribution in [0.4, 0.5) is 11.4 Å². The molecule has 1 saturated heterocycles. The van der Waals surface area contributed by atoms with E-state index in [1.165, 1.54) is 17.3 Å². The van der Waals surface area contributed by atoms with E-state index < -0.39 is 0 Å². The van der Waals surface area contributed by atoms with Gasteiger partial charge in [-0.3, -0.25) is 9.59 Å². The van der Waals surface area contributed by atoms with Crippen LogP contribution >= 0.6 is 11.8 Å². The van der Waals surface area contributed by atoms with Gasteiger partial charge in [-0.25, -0.2) is 4.98 Å². The van der Waals surface area contributed by atoms with E-state index in [0.29, 0.717) is 6.42 Å². The molecule has 7 heteroatoms. The summed E-state index contributed by atoms with van der Waals surface area (Å²) in [5.74, 6) is 0.344. The van der Waals surface area contributed by atoms with Crippen LogP contribution in [0.5, 0.6) is 0 Å². The number of nitrogens with one attached hydrogen (secondary N) is 1. The average Bonchev–Trinajstić information content (AvgIpc) is 3.36. The molecule has 0 radical (unpaired) electrons. The fourth-order valence-electron chi connectivity index (χ4n) is 3.31. The van der Waals surface area contributed by atoms with Crippen LogP contribution in [-0.2, 0) is 16.1 Å².